The van der Waals surface area contributed by atoms with Gasteiger partial charge in [0.25, 0.3) is 0 Å². The van der Waals surface area contributed by atoms with Gasteiger partial charge in [-0.2, -0.15) is 0 Å². The zero-order chi connectivity index (χ0) is 15.2. The highest BCUT2D eigenvalue weighted by Gasteiger charge is 2.21. The Bertz CT molecular complexity index is 499. The third-order valence-electron chi connectivity index (χ3n) is 4.21. The monoisotopic (exact) mass is 305 g/mol. The summed E-state index contributed by atoms with van der Waals surface area (Å²) in [6.45, 7) is 2.62. The lowest BCUT2D eigenvalue weighted by Crippen LogP contribution is -2.40. The number of hydrogen-bond donors (Lipinski definition) is 1. The van der Waals surface area contributed by atoms with Crippen molar-refractivity contribution in [1.82, 2.24) is 5.32 Å². The summed E-state index contributed by atoms with van der Waals surface area (Å²) in [7, 11) is 0. The van der Waals surface area contributed by atoms with Crippen molar-refractivity contribution in [2.75, 3.05) is 26.4 Å². The van der Waals surface area contributed by atoms with Crippen LogP contribution < -0.4 is 14.8 Å². The smallest absolute Gasteiger partial charge is 0.220 e. The third-order valence-corrected chi connectivity index (χ3v) is 4.21. The van der Waals surface area contributed by atoms with E-state index in [1.54, 1.807) is 0 Å². The molecule has 1 fully saturated rings. The quantitative estimate of drug-likeness (QED) is 0.905. The van der Waals surface area contributed by atoms with Gasteiger partial charge in [-0.1, -0.05) is 12.1 Å². The third kappa shape index (κ3) is 4.13. The maximum absolute atomic E-state index is 11.9. The fraction of sp³-hybridized carbons (Fsp3) is 0.588. The SMILES string of the molecule is O=C(CCC1CCOCC1)NCC1COc2ccccc2O1. The van der Waals surface area contributed by atoms with Gasteiger partial charge < -0.3 is 19.5 Å². The highest BCUT2D eigenvalue weighted by molar-refractivity contribution is 5.75. The molecule has 0 radical (unpaired) electrons. The summed E-state index contributed by atoms with van der Waals surface area (Å²) in [6, 6.07) is 7.60. The molecule has 0 spiro atoms. The second-order valence-electron chi connectivity index (χ2n) is 5.90. The van der Waals surface area contributed by atoms with E-state index in [0.29, 0.717) is 25.5 Å². The van der Waals surface area contributed by atoms with Gasteiger partial charge >= 0.3 is 0 Å². The second kappa shape index (κ2) is 7.49. The molecule has 1 aromatic carbocycles. The highest BCUT2D eigenvalue weighted by atomic mass is 16.6. The molecule has 0 aliphatic carbocycles. The van der Waals surface area contributed by atoms with Crippen LogP contribution in [0.15, 0.2) is 24.3 Å². The predicted octanol–water partition coefficient (Wildman–Crippen LogP) is 2.15. The van der Waals surface area contributed by atoms with E-state index in [9.17, 15) is 4.79 Å². The molecule has 120 valence electrons. The molecule has 0 aromatic heterocycles. The van der Waals surface area contributed by atoms with E-state index < -0.39 is 0 Å². The maximum Gasteiger partial charge on any atom is 0.220 e. The lowest BCUT2D eigenvalue weighted by atomic mass is 9.95. The summed E-state index contributed by atoms with van der Waals surface area (Å²) in [4.78, 5) is 11.9. The van der Waals surface area contributed by atoms with Gasteiger partial charge in [0.05, 0.1) is 6.54 Å². The van der Waals surface area contributed by atoms with Crippen LogP contribution >= 0.6 is 0 Å². The van der Waals surface area contributed by atoms with Crippen LogP contribution in [0.1, 0.15) is 25.7 Å². The second-order valence-corrected chi connectivity index (χ2v) is 5.90. The van der Waals surface area contributed by atoms with Crippen molar-refractivity contribution in [1.29, 1.82) is 0 Å². The van der Waals surface area contributed by atoms with Crippen LogP contribution in [0.2, 0.25) is 0 Å². The zero-order valence-corrected chi connectivity index (χ0v) is 12.8. The summed E-state index contributed by atoms with van der Waals surface area (Å²) < 4.78 is 16.8. The number of nitrogens with one attached hydrogen (secondary N) is 1. The molecule has 3 rings (SSSR count). The minimum Gasteiger partial charge on any atom is -0.486 e. The molecule has 1 aromatic rings. The Labute approximate surface area is 130 Å². The molecule has 1 N–H and O–H groups in total. The first-order valence-electron chi connectivity index (χ1n) is 8.04. The molecular weight excluding hydrogens is 282 g/mol. The molecule has 0 saturated carbocycles. The molecule has 2 heterocycles. The first-order chi connectivity index (χ1) is 10.8. The van der Waals surface area contributed by atoms with Crippen molar-refractivity contribution in [2.45, 2.75) is 31.8 Å². The summed E-state index contributed by atoms with van der Waals surface area (Å²) >= 11 is 0. The van der Waals surface area contributed by atoms with Gasteiger partial charge in [-0.15, -0.1) is 0 Å². The van der Waals surface area contributed by atoms with E-state index in [1.807, 2.05) is 24.3 Å². The number of carbonyl (C=O) groups excluding carboxylic acids is 1. The molecule has 1 saturated heterocycles. The number of amides is 1. The van der Waals surface area contributed by atoms with Crippen LogP contribution in [-0.2, 0) is 9.53 Å². The Kier molecular flexibility index (Phi) is 5.16. The van der Waals surface area contributed by atoms with Gasteiger partial charge in [-0.3, -0.25) is 4.79 Å². The van der Waals surface area contributed by atoms with Crippen molar-refractivity contribution in [3.8, 4) is 11.5 Å². The van der Waals surface area contributed by atoms with E-state index in [-0.39, 0.29) is 12.0 Å². The minimum atomic E-state index is -0.123. The Hall–Kier alpha value is -1.75. The molecule has 1 atom stereocenters. The van der Waals surface area contributed by atoms with E-state index in [2.05, 4.69) is 5.32 Å². The normalized spacial score (nSPS) is 21.4. The van der Waals surface area contributed by atoms with Crippen LogP contribution in [0.25, 0.3) is 0 Å². The number of para-hydroxylation sites is 2. The minimum absolute atomic E-state index is 0.0916. The first kappa shape index (κ1) is 15.2. The number of rotatable bonds is 5. The number of benzene rings is 1. The van der Waals surface area contributed by atoms with Crippen molar-refractivity contribution in [3.63, 3.8) is 0 Å². The number of fused-ring (bicyclic) bond motifs is 1. The molecule has 2 aliphatic rings. The van der Waals surface area contributed by atoms with Gasteiger partial charge in [0.1, 0.15) is 12.7 Å². The molecule has 5 heteroatoms. The molecule has 2 aliphatic heterocycles. The average Bonchev–Trinajstić information content (AvgIpc) is 2.59. The molecule has 5 nitrogen and oxygen atoms in total. The Balaban J connectivity index is 1.37. The molecular formula is C17H23NO4. The average molecular weight is 305 g/mol. The molecule has 1 unspecified atom stereocenters. The fourth-order valence-electron chi connectivity index (χ4n) is 2.85. The largest absolute Gasteiger partial charge is 0.486 e. The van der Waals surface area contributed by atoms with E-state index in [0.717, 1.165) is 44.0 Å². The Morgan fingerprint density at radius 3 is 2.77 bits per heavy atom. The predicted molar refractivity (Wildman–Crippen MR) is 82.1 cm³/mol. The number of carbonyl (C=O) groups is 1. The van der Waals surface area contributed by atoms with Crippen LogP contribution in [0.3, 0.4) is 0 Å². The number of hydrogen-bond acceptors (Lipinski definition) is 4. The summed E-state index contributed by atoms with van der Waals surface area (Å²) in [5.41, 5.74) is 0. The fourth-order valence-corrected chi connectivity index (χ4v) is 2.85. The van der Waals surface area contributed by atoms with Gasteiger partial charge in [0, 0.05) is 19.6 Å². The summed E-state index contributed by atoms with van der Waals surface area (Å²) in [5.74, 6) is 2.23. The molecule has 0 bridgehead atoms. The topological polar surface area (TPSA) is 56.8 Å². The lowest BCUT2D eigenvalue weighted by Gasteiger charge is -2.26. The summed E-state index contributed by atoms with van der Waals surface area (Å²) in [5, 5.41) is 2.95. The van der Waals surface area contributed by atoms with Crippen LogP contribution in [0.5, 0.6) is 11.5 Å². The van der Waals surface area contributed by atoms with Crippen molar-refractivity contribution in [3.05, 3.63) is 24.3 Å². The van der Waals surface area contributed by atoms with Crippen LogP contribution in [0.4, 0.5) is 0 Å². The lowest BCUT2D eigenvalue weighted by molar-refractivity contribution is -0.122. The molecule has 1 amide bonds. The van der Waals surface area contributed by atoms with E-state index >= 15 is 0 Å². The van der Waals surface area contributed by atoms with Crippen molar-refractivity contribution in [2.24, 2.45) is 5.92 Å². The first-order valence-corrected chi connectivity index (χ1v) is 8.04. The van der Waals surface area contributed by atoms with Gasteiger partial charge in [0.2, 0.25) is 5.91 Å². The number of ether oxygens (including phenoxy) is 3. The van der Waals surface area contributed by atoms with Crippen molar-refractivity contribution >= 4 is 5.91 Å². The van der Waals surface area contributed by atoms with E-state index in [4.69, 9.17) is 14.2 Å². The van der Waals surface area contributed by atoms with Crippen LogP contribution in [-0.4, -0.2) is 38.4 Å². The standard InChI is InChI=1S/C17H23NO4/c19-17(6-5-13-7-9-20-10-8-13)18-11-14-12-21-15-3-1-2-4-16(15)22-14/h1-4,13-14H,5-12H2,(H,18,19). The van der Waals surface area contributed by atoms with Crippen molar-refractivity contribution < 1.29 is 19.0 Å². The van der Waals surface area contributed by atoms with E-state index in [1.165, 1.54) is 0 Å². The Morgan fingerprint density at radius 1 is 1.18 bits per heavy atom. The zero-order valence-electron chi connectivity index (χ0n) is 12.8. The highest BCUT2D eigenvalue weighted by Crippen LogP contribution is 2.30. The van der Waals surface area contributed by atoms with Gasteiger partial charge in [0.15, 0.2) is 11.5 Å². The van der Waals surface area contributed by atoms with Gasteiger partial charge in [-0.25, -0.2) is 0 Å². The van der Waals surface area contributed by atoms with Gasteiger partial charge in [-0.05, 0) is 37.3 Å². The summed E-state index contributed by atoms with van der Waals surface area (Å²) in [6.07, 6.45) is 3.55. The Morgan fingerprint density at radius 2 is 1.95 bits per heavy atom. The van der Waals surface area contributed by atoms with Crippen LogP contribution in [0, 0.1) is 5.92 Å². The maximum atomic E-state index is 11.9. The molecule has 22 heavy (non-hydrogen) atoms.